The molecule has 2 N–H and O–H groups in total. The molecule has 4 nitrogen and oxygen atoms in total. The standard InChI is InChI=1S/C15H23N3O/c1-12-3-4-14(13(2)11-12)17-7-9-18(10-8-17)15(19)5-6-16/h3-4,11H,5-10,16H2,1-2H3. The zero-order chi connectivity index (χ0) is 13.8. The van der Waals surface area contributed by atoms with E-state index in [2.05, 4.69) is 36.9 Å². The Morgan fingerprint density at radius 2 is 1.89 bits per heavy atom. The Bertz CT molecular complexity index is 451. The molecule has 2 rings (SSSR count). The highest BCUT2D eigenvalue weighted by molar-refractivity contribution is 5.76. The van der Waals surface area contributed by atoms with Gasteiger partial charge < -0.3 is 15.5 Å². The minimum Gasteiger partial charge on any atom is -0.368 e. The molecule has 0 unspecified atom stereocenters. The number of rotatable bonds is 3. The first-order valence-electron chi connectivity index (χ1n) is 6.92. The summed E-state index contributed by atoms with van der Waals surface area (Å²) < 4.78 is 0. The van der Waals surface area contributed by atoms with Crippen LogP contribution < -0.4 is 10.6 Å². The van der Waals surface area contributed by atoms with Crippen molar-refractivity contribution >= 4 is 11.6 Å². The van der Waals surface area contributed by atoms with Gasteiger partial charge in [-0.2, -0.15) is 0 Å². The average molecular weight is 261 g/mol. The SMILES string of the molecule is Cc1ccc(N2CCN(C(=O)CCN)CC2)c(C)c1. The van der Waals surface area contributed by atoms with E-state index in [0.29, 0.717) is 13.0 Å². The summed E-state index contributed by atoms with van der Waals surface area (Å²) in [5.41, 5.74) is 9.32. The number of hydrogen-bond acceptors (Lipinski definition) is 3. The molecular weight excluding hydrogens is 238 g/mol. The number of nitrogens with two attached hydrogens (primary N) is 1. The highest BCUT2D eigenvalue weighted by atomic mass is 16.2. The molecular formula is C15H23N3O. The van der Waals surface area contributed by atoms with E-state index in [-0.39, 0.29) is 5.91 Å². The lowest BCUT2D eigenvalue weighted by atomic mass is 10.1. The van der Waals surface area contributed by atoms with Crippen molar-refractivity contribution in [2.45, 2.75) is 20.3 Å². The van der Waals surface area contributed by atoms with Crippen molar-refractivity contribution in [3.63, 3.8) is 0 Å². The number of piperazine rings is 1. The van der Waals surface area contributed by atoms with E-state index < -0.39 is 0 Å². The van der Waals surface area contributed by atoms with Crippen LogP contribution in [0.3, 0.4) is 0 Å². The molecule has 19 heavy (non-hydrogen) atoms. The summed E-state index contributed by atoms with van der Waals surface area (Å²) in [5, 5.41) is 0. The van der Waals surface area contributed by atoms with E-state index in [1.807, 2.05) is 4.90 Å². The maximum absolute atomic E-state index is 11.8. The fourth-order valence-electron chi connectivity index (χ4n) is 2.64. The lowest BCUT2D eigenvalue weighted by molar-refractivity contribution is -0.131. The van der Waals surface area contributed by atoms with Gasteiger partial charge in [-0.25, -0.2) is 0 Å². The van der Waals surface area contributed by atoms with E-state index >= 15 is 0 Å². The van der Waals surface area contributed by atoms with Crippen LogP contribution in [0.15, 0.2) is 18.2 Å². The lowest BCUT2D eigenvalue weighted by Crippen LogP contribution is -2.49. The molecule has 0 spiro atoms. The van der Waals surface area contributed by atoms with Crippen molar-refractivity contribution < 1.29 is 4.79 Å². The summed E-state index contributed by atoms with van der Waals surface area (Å²) in [6, 6.07) is 6.54. The molecule has 104 valence electrons. The molecule has 1 amide bonds. The third kappa shape index (κ3) is 3.26. The van der Waals surface area contributed by atoms with E-state index in [0.717, 1.165) is 26.2 Å². The van der Waals surface area contributed by atoms with Gasteiger partial charge in [0.2, 0.25) is 5.91 Å². The molecule has 1 aromatic carbocycles. The molecule has 1 fully saturated rings. The van der Waals surface area contributed by atoms with Gasteiger partial charge in [0, 0.05) is 44.8 Å². The number of amides is 1. The van der Waals surface area contributed by atoms with Gasteiger partial charge in [-0.1, -0.05) is 17.7 Å². The number of hydrogen-bond donors (Lipinski definition) is 1. The molecule has 0 atom stereocenters. The fraction of sp³-hybridized carbons (Fsp3) is 0.533. The molecule has 1 aromatic rings. The van der Waals surface area contributed by atoms with Crippen molar-refractivity contribution in [3.8, 4) is 0 Å². The van der Waals surface area contributed by atoms with Gasteiger partial charge in [0.05, 0.1) is 0 Å². The molecule has 0 radical (unpaired) electrons. The molecule has 1 aliphatic heterocycles. The van der Waals surface area contributed by atoms with Crippen molar-refractivity contribution in [1.82, 2.24) is 4.90 Å². The zero-order valence-corrected chi connectivity index (χ0v) is 11.9. The minimum absolute atomic E-state index is 0.183. The first-order chi connectivity index (χ1) is 9.11. The highest BCUT2D eigenvalue weighted by Gasteiger charge is 2.21. The summed E-state index contributed by atoms with van der Waals surface area (Å²) in [5.74, 6) is 0.183. The van der Waals surface area contributed by atoms with Crippen LogP contribution in [0.5, 0.6) is 0 Å². The van der Waals surface area contributed by atoms with E-state index in [1.54, 1.807) is 0 Å². The van der Waals surface area contributed by atoms with Crippen LogP contribution in [-0.2, 0) is 4.79 Å². The molecule has 1 saturated heterocycles. The molecule has 0 bridgehead atoms. The van der Waals surface area contributed by atoms with Crippen LogP contribution in [0.2, 0.25) is 0 Å². The number of nitrogens with zero attached hydrogens (tertiary/aromatic N) is 2. The molecule has 0 aromatic heterocycles. The van der Waals surface area contributed by atoms with Crippen LogP contribution >= 0.6 is 0 Å². The second-order valence-electron chi connectivity index (χ2n) is 5.20. The molecule has 0 aliphatic carbocycles. The number of carbonyl (C=O) groups is 1. The normalized spacial score (nSPS) is 15.7. The van der Waals surface area contributed by atoms with E-state index in [4.69, 9.17) is 5.73 Å². The predicted octanol–water partition coefficient (Wildman–Crippen LogP) is 1.30. The number of benzene rings is 1. The van der Waals surface area contributed by atoms with Gasteiger partial charge in [-0.05, 0) is 25.5 Å². The van der Waals surface area contributed by atoms with Crippen LogP contribution in [0.4, 0.5) is 5.69 Å². The first-order valence-corrected chi connectivity index (χ1v) is 6.92. The smallest absolute Gasteiger partial charge is 0.223 e. The Morgan fingerprint density at radius 3 is 2.47 bits per heavy atom. The number of aryl methyl sites for hydroxylation is 2. The van der Waals surface area contributed by atoms with E-state index in [1.165, 1.54) is 16.8 Å². The maximum Gasteiger partial charge on any atom is 0.223 e. The Hall–Kier alpha value is -1.55. The molecule has 1 heterocycles. The Kier molecular flexibility index (Phi) is 4.43. The third-order valence-electron chi connectivity index (χ3n) is 3.68. The van der Waals surface area contributed by atoms with Crippen molar-refractivity contribution in [1.29, 1.82) is 0 Å². The predicted molar refractivity (Wildman–Crippen MR) is 78.4 cm³/mol. The summed E-state index contributed by atoms with van der Waals surface area (Å²) >= 11 is 0. The molecule has 0 saturated carbocycles. The molecule has 4 heteroatoms. The largest absolute Gasteiger partial charge is 0.368 e. The first kappa shape index (κ1) is 13.9. The quantitative estimate of drug-likeness (QED) is 0.892. The van der Waals surface area contributed by atoms with Crippen LogP contribution in [0, 0.1) is 13.8 Å². The van der Waals surface area contributed by atoms with E-state index in [9.17, 15) is 4.79 Å². The third-order valence-corrected chi connectivity index (χ3v) is 3.68. The Morgan fingerprint density at radius 1 is 1.21 bits per heavy atom. The van der Waals surface area contributed by atoms with Gasteiger partial charge in [0.1, 0.15) is 0 Å². The number of carbonyl (C=O) groups excluding carboxylic acids is 1. The van der Waals surface area contributed by atoms with Crippen molar-refractivity contribution in [2.24, 2.45) is 5.73 Å². The zero-order valence-electron chi connectivity index (χ0n) is 11.9. The fourth-order valence-corrected chi connectivity index (χ4v) is 2.64. The van der Waals surface area contributed by atoms with Crippen LogP contribution in [0.1, 0.15) is 17.5 Å². The van der Waals surface area contributed by atoms with Crippen molar-refractivity contribution in [3.05, 3.63) is 29.3 Å². The Labute approximate surface area is 115 Å². The average Bonchev–Trinajstić information content (AvgIpc) is 2.39. The van der Waals surface area contributed by atoms with Gasteiger partial charge in [-0.3, -0.25) is 4.79 Å². The van der Waals surface area contributed by atoms with Crippen LogP contribution in [-0.4, -0.2) is 43.5 Å². The Balaban J connectivity index is 1.98. The second kappa shape index (κ2) is 6.06. The van der Waals surface area contributed by atoms with Gasteiger partial charge in [-0.15, -0.1) is 0 Å². The summed E-state index contributed by atoms with van der Waals surface area (Å²) in [4.78, 5) is 16.1. The second-order valence-corrected chi connectivity index (χ2v) is 5.20. The van der Waals surface area contributed by atoms with Gasteiger partial charge >= 0.3 is 0 Å². The molecule has 1 aliphatic rings. The van der Waals surface area contributed by atoms with Gasteiger partial charge in [0.15, 0.2) is 0 Å². The van der Waals surface area contributed by atoms with Crippen LogP contribution in [0.25, 0.3) is 0 Å². The highest BCUT2D eigenvalue weighted by Crippen LogP contribution is 2.22. The summed E-state index contributed by atoms with van der Waals surface area (Å²) in [6.07, 6.45) is 0.462. The topological polar surface area (TPSA) is 49.6 Å². The minimum atomic E-state index is 0.183. The van der Waals surface area contributed by atoms with Crippen molar-refractivity contribution in [2.75, 3.05) is 37.6 Å². The maximum atomic E-state index is 11.8. The summed E-state index contributed by atoms with van der Waals surface area (Å²) in [6.45, 7) is 8.10. The number of anilines is 1. The van der Waals surface area contributed by atoms with Gasteiger partial charge in [0.25, 0.3) is 0 Å². The summed E-state index contributed by atoms with van der Waals surface area (Å²) in [7, 11) is 0. The monoisotopic (exact) mass is 261 g/mol. The lowest BCUT2D eigenvalue weighted by Gasteiger charge is -2.37.